The number of nitrogens with zero attached hydrogens (tertiary/aromatic N) is 1. The van der Waals surface area contributed by atoms with Gasteiger partial charge in [-0.05, 0) is 67.6 Å². The zero-order valence-corrected chi connectivity index (χ0v) is 17.5. The van der Waals surface area contributed by atoms with Crippen LogP contribution in [0.5, 0.6) is 5.75 Å². The molecule has 4 nitrogen and oxygen atoms in total. The summed E-state index contributed by atoms with van der Waals surface area (Å²) in [5, 5.41) is 3.00. The van der Waals surface area contributed by atoms with Gasteiger partial charge in [-0.3, -0.25) is 4.79 Å². The standard InChI is InChI=1S/C22H27BrN2O2/c1-16-4-3-13-25(14-16)20-9-5-18(6-10-20)17(2)24-22(26)15-27-21-11-7-19(23)8-12-21/h5-12,16-17H,3-4,13-15H2,1-2H3,(H,24,26)/t16-,17-/m1/s1. The van der Waals surface area contributed by atoms with Crippen molar-refractivity contribution in [3.8, 4) is 5.75 Å². The number of anilines is 1. The highest BCUT2D eigenvalue weighted by Crippen LogP contribution is 2.24. The molecule has 1 aliphatic heterocycles. The van der Waals surface area contributed by atoms with Gasteiger partial charge in [-0.2, -0.15) is 0 Å². The molecule has 1 heterocycles. The van der Waals surface area contributed by atoms with Crippen LogP contribution in [-0.4, -0.2) is 25.6 Å². The van der Waals surface area contributed by atoms with E-state index in [1.807, 2.05) is 31.2 Å². The van der Waals surface area contributed by atoms with Crippen LogP contribution in [0, 0.1) is 5.92 Å². The lowest BCUT2D eigenvalue weighted by molar-refractivity contribution is -0.123. The Hall–Kier alpha value is -2.01. The number of hydrogen-bond acceptors (Lipinski definition) is 3. The molecule has 1 N–H and O–H groups in total. The first-order valence-corrected chi connectivity index (χ1v) is 10.3. The van der Waals surface area contributed by atoms with Gasteiger partial charge in [0.15, 0.2) is 6.61 Å². The van der Waals surface area contributed by atoms with Gasteiger partial charge in [-0.15, -0.1) is 0 Å². The van der Waals surface area contributed by atoms with Gasteiger partial charge in [0, 0.05) is 23.2 Å². The van der Waals surface area contributed by atoms with Gasteiger partial charge in [-0.25, -0.2) is 0 Å². The number of rotatable bonds is 6. The van der Waals surface area contributed by atoms with Gasteiger partial charge < -0.3 is 15.0 Å². The summed E-state index contributed by atoms with van der Waals surface area (Å²) in [6.07, 6.45) is 2.58. The highest BCUT2D eigenvalue weighted by Gasteiger charge is 2.17. The second-order valence-corrected chi connectivity index (χ2v) is 8.23. The highest BCUT2D eigenvalue weighted by molar-refractivity contribution is 9.10. The fourth-order valence-corrected chi connectivity index (χ4v) is 3.71. The van der Waals surface area contributed by atoms with Crippen LogP contribution in [0.15, 0.2) is 53.0 Å². The van der Waals surface area contributed by atoms with Crippen LogP contribution in [0.25, 0.3) is 0 Å². The lowest BCUT2D eigenvalue weighted by atomic mass is 9.99. The van der Waals surface area contributed by atoms with E-state index < -0.39 is 0 Å². The Morgan fingerprint density at radius 1 is 1.22 bits per heavy atom. The van der Waals surface area contributed by atoms with Gasteiger partial charge in [-0.1, -0.05) is 35.0 Å². The zero-order chi connectivity index (χ0) is 19.2. The maximum absolute atomic E-state index is 12.2. The van der Waals surface area contributed by atoms with E-state index in [1.165, 1.54) is 18.5 Å². The van der Waals surface area contributed by atoms with Crippen LogP contribution < -0.4 is 15.0 Å². The first-order valence-electron chi connectivity index (χ1n) is 9.54. The fourth-order valence-electron chi connectivity index (χ4n) is 3.44. The summed E-state index contributed by atoms with van der Waals surface area (Å²) >= 11 is 3.38. The van der Waals surface area contributed by atoms with E-state index in [0.717, 1.165) is 29.0 Å². The number of piperidine rings is 1. The molecule has 2 atom stereocenters. The summed E-state index contributed by atoms with van der Waals surface area (Å²) in [7, 11) is 0. The Morgan fingerprint density at radius 2 is 1.93 bits per heavy atom. The zero-order valence-electron chi connectivity index (χ0n) is 16.0. The average molecular weight is 431 g/mol. The topological polar surface area (TPSA) is 41.6 Å². The van der Waals surface area contributed by atoms with Crippen molar-refractivity contribution in [3.05, 3.63) is 58.6 Å². The average Bonchev–Trinajstić information content (AvgIpc) is 2.67. The van der Waals surface area contributed by atoms with Crippen molar-refractivity contribution in [2.24, 2.45) is 5.92 Å². The second-order valence-electron chi connectivity index (χ2n) is 7.32. The Kier molecular flexibility index (Phi) is 6.78. The molecule has 1 aliphatic rings. The Bertz CT molecular complexity index is 746. The Labute approximate surface area is 170 Å². The lowest BCUT2D eigenvalue weighted by Crippen LogP contribution is -2.34. The van der Waals surface area contributed by atoms with Crippen molar-refractivity contribution >= 4 is 27.5 Å². The van der Waals surface area contributed by atoms with E-state index in [0.29, 0.717) is 5.75 Å². The van der Waals surface area contributed by atoms with Crippen LogP contribution in [0.3, 0.4) is 0 Å². The van der Waals surface area contributed by atoms with Crippen LogP contribution in [0.4, 0.5) is 5.69 Å². The second kappa shape index (κ2) is 9.27. The van der Waals surface area contributed by atoms with E-state index in [1.54, 1.807) is 0 Å². The number of nitrogens with one attached hydrogen (secondary N) is 1. The third kappa shape index (κ3) is 5.73. The molecule has 1 fully saturated rings. The number of ether oxygens (including phenoxy) is 1. The van der Waals surface area contributed by atoms with Gasteiger partial charge in [0.1, 0.15) is 5.75 Å². The number of benzene rings is 2. The number of carbonyl (C=O) groups is 1. The molecule has 0 spiro atoms. The fraction of sp³-hybridized carbons (Fsp3) is 0.409. The summed E-state index contributed by atoms with van der Waals surface area (Å²) in [6, 6.07) is 15.9. The lowest BCUT2D eigenvalue weighted by Gasteiger charge is -2.33. The molecule has 0 aromatic heterocycles. The Balaban J connectivity index is 1.50. The van der Waals surface area contributed by atoms with Crippen molar-refractivity contribution in [1.29, 1.82) is 0 Å². The van der Waals surface area contributed by atoms with Crippen LogP contribution in [0.2, 0.25) is 0 Å². The third-order valence-electron chi connectivity index (χ3n) is 4.98. The summed E-state index contributed by atoms with van der Waals surface area (Å²) in [4.78, 5) is 14.6. The summed E-state index contributed by atoms with van der Waals surface area (Å²) in [5.41, 5.74) is 2.36. The minimum Gasteiger partial charge on any atom is -0.484 e. The number of amides is 1. The van der Waals surface area contributed by atoms with Gasteiger partial charge in [0.25, 0.3) is 5.91 Å². The van der Waals surface area contributed by atoms with Gasteiger partial charge >= 0.3 is 0 Å². The van der Waals surface area contributed by atoms with E-state index in [4.69, 9.17) is 4.74 Å². The summed E-state index contributed by atoms with van der Waals surface area (Å²) in [6.45, 7) is 6.57. The van der Waals surface area contributed by atoms with Gasteiger partial charge in [0.05, 0.1) is 6.04 Å². The molecular formula is C22H27BrN2O2. The molecule has 0 bridgehead atoms. The SMILES string of the molecule is C[C@@H]1CCCN(c2ccc([C@@H](C)NC(=O)COc3ccc(Br)cc3)cc2)C1. The smallest absolute Gasteiger partial charge is 0.258 e. The molecule has 2 aromatic rings. The van der Waals surface area contributed by atoms with Crippen molar-refractivity contribution in [2.75, 3.05) is 24.6 Å². The number of hydrogen-bond donors (Lipinski definition) is 1. The van der Waals surface area contributed by atoms with Crippen LogP contribution >= 0.6 is 15.9 Å². The first kappa shape index (κ1) is 19.7. The first-order chi connectivity index (χ1) is 13.0. The van der Waals surface area contributed by atoms with Crippen molar-refractivity contribution < 1.29 is 9.53 Å². The van der Waals surface area contributed by atoms with Crippen LogP contribution in [-0.2, 0) is 4.79 Å². The Morgan fingerprint density at radius 3 is 2.59 bits per heavy atom. The molecule has 0 saturated carbocycles. The van der Waals surface area contributed by atoms with E-state index in [-0.39, 0.29) is 18.6 Å². The predicted molar refractivity (Wildman–Crippen MR) is 113 cm³/mol. The quantitative estimate of drug-likeness (QED) is 0.705. The molecule has 3 rings (SSSR count). The van der Waals surface area contributed by atoms with Crippen molar-refractivity contribution in [1.82, 2.24) is 5.32 Å². The maximum atomic E-state index is 12.2. The minimum atomic E-state index is -0.126. The van der Waals surface area contributed by atoms with Crippen LogP contribution in [0.1, 0.15) is 38.3 Å². The molecule has 5 heteroatoms. The largest absolute Gasteiger partial charge is 0.484 e. The molecule has 2 aromatic carbocycles. The third-order valence-corrected chi connectivity index (χ3v) is 5.50. The molecule has 27 heavy (non-hydrogen) atoms. The molecule has 1 amide bonds. The number of halogens is 1. The minimum absolute atomic E-state index is 0.00964. The van der Waals surface area contributed by atoms with Gasteiger partial charge in [0.2, 0.25) is 0 Å². The molecule has 0 radical (unpaired) electrons. The number of carbonyl (C=O) groups excluding carboxylic acids is 1. The molecule has 0 unspecified atom stereocenters. The maximum Gasteiger partial charge on any atom is 0.258 e. The molecule has 144 valence electrons. The summed E-state index contributed by atoms with van der Waals surface area (Å²) in [5.74, 6) is 1.31. The van der Waals surface area contributed by atoms with Crippen molar-refractivity contribution in [2.45, 2.75) is 32.7 Å². The monoisotopic (exact) mass is 430 g/mol. The molecule has 0 aliphatic carbocycles. The predicted octanol–water partition coefficient (Wildman–Crippen LogP) is 4.94. The molecule has 1 saturated heterocycles. The molecular weight excluding hydrogens is 404 g/mol. The van der Waals surface area contributed by atoms with E-state index in [2.05, 4.69) is 57.3 Å². The van der Waals surface area contributed by atoms with Crippen molar-refractivity contribution in [3.63, 3.8) is 0 Å². The summed E-state index contributed by atoms with van der Waals surface area (Å²) < 4.78 is 6.51. The highest BCUT2D eigenvalue weighted by atomic mass is 79.9. The van der Waals surface area contributed by atoms with E-state index >= 15 is 0 Å². The van der Waals surface area contributed by atoms with E-state index in [9.17, 15) is 4.79 Å². The normalized spacial score (nSPS) is 18.0.